The summed E-state index contributed by atoms with van der Waals surface area (Å²) in [7, 11) is -1.61. The topological polar surface area (TPSA) is 40.6 Å². The van der Waals surface area contributed by atoms with E-state index in [1.165, 1.54) is 6.42 Å². The Balaban J connectivity index is 2.04. The van der Waals surface area contributed by atoms with Gasteiger partial charge in [-0.25, -0.2) is 0 Å². The van der Waals surface area contributed by atoms with Gasteiger partial charge in [-0.3, -0.25) is 0 Å². The molecule has 1 saturated carbocycles. The Kier molecular flexibility index (Phi) is 6.36. The van der Waals surface area contributed by atoms with E-state index in [1.807, 2.05) is 0 Å². The molecule has 0 bridgehead atoms. The summed E-state index contributed by atoms with van der Waals surface area (Å²) in [5.41, 5.74) is 0. The molecular weight excluding hydrogens is 308 g/mol. The second-order valence-corrected chi connectivity index (χ2v) is 8.77. The van der Waals surface area contributed by atoms with Gasteiger partial charge in [0, 0.05) is 31.6 Å². The molecule has 0 amide bonds. The molecule has 0 spiro atoms. The fourth-order valence-corrected chi connectivity index (χ4v) is 5.94. The highest BCUT2D eigenvalue weighted by Gasteiger charge is 2.38. The first-order valence-electron chi connectivity index (χ1n) is 8.31. The monoisotopic (exact) mass is 336 g/mol. The molecule has 1 aliphatic carbocycles. The fourth-order valence-electron chi connectivity index (χ4n) is 3.70. The predicted octanol–water partition coefficient (Wildman–Crippen LogP) is 3.23. The fraction of sp³-hybridized carbons (Fsp3) is 1.00. The summed E-state index contributed by atoms with van der Waals surface area (Å²) in [6, 6.07) is 0.135. The van der Waals surface area contributed by atoms with Crippen molar-refractivity contribution in [1.29, 1.82) is 0 Å². The lowest BCUT2D eigenvalue weighted by Gasteiger charge is -2.40. The van der Waals surface area contributed by atoms with Crippen LogP contribution in [0, 0.1) is 5.92 Å². The van der Waals surface area contributed by atoms with Crippen LogP contribution in [0.4, 0.5) is 0 Å². The van der Waals surface area contributed by atoms with Crippen LogP contribution in [0.15, 0.2) is 0 Å². The second kappa shape index (κ2) is 7.62. The Bertz CT molecular complexity index is 421. The molecule has 0 N–H and O–H groups in total. The molecule has 1 atom stereocenters. The lowest BCUT2D eigenvalue weighted by atomic mass is 9.85. The molecule has 2 fully saturated rings. The van der Waals surface area contributed by atoms with Crippen molar-refractivity contribution >= 4 is 21.8 Å². The summed E-state index contributed by atoms with van der Waals surface area (Å²) in [6.07, 6.45) is 8.42. The van der Waals surface area contributed by atoms with Crippen molar-refractivity contribution in [2.45, 2.75) is 70.4 Å². The Morgan fingerprint density at radius 2 is 1.81 bits per heavy atom. The molecule has 21 heavy (non-hydrogen) atoms. The van der Waals surface area contributed by atoms with Crippen LogP contribution in [-0.4, -0.2) is 48.6 Å². The van der Waals surface area contributed by atoms with E-state index in [4.69, 9.17) is 11.6 Å². The van der Waals surface area contributed by atoms with Crippen LogP contribution in [0.1, 0.15) is 58.3 Å². The second-order valence-electron chi connectivity index (χ2n) is 6.52. The number of nitrogens with zero attached hydrogens (tertiary/aromatic N) is 2. The maximum absolute atomic E-state index is 12.9. The maximum Gasteiger partial charge on any atom is 0.282 e. The Hall–Kier alpha value is 0.160. The normalized spacial score (nSPS) is 32.5. The minimum Gasteiger partial charge on any atom is -0.195 e. The third-order valence-corrected chi connectivity index (χ3v) is 7.78. The molecule has 1 aliphatic heterocycles. The van der Waals surface area contributed by atoms with Crippen molar-refractivity contribution in [3.8, 4) is 0 Å². The molecule has 1 saturated heterocycles. The molecule has 2 aliphatic rings. The van der Waals surface area contributed by atoms with E-state index in [9.17, 15) is 8.42 Å². The summed E-state index contributed by atoms with van der Waals surface area (Å²) in [5, 5.41) is 0. The van der Waals surface area contributed by atoms with Crippen molar-refractivity contribution in [3.05, 3.63) is 0 Å². The minimum absolute atomic E-state index is 0.0279. The zero-order chi connectivity index (χ0) is 15.5. The number of alkyl halides is 1. The van der Waals surface area contributed by atoms with Gasteiger partial charge in [-0.05, 0) is 44.4 Å². The van der Waals surface area contributed by atoms with Gasteiger partial charge in [-0.2, -0.15) is 17.0 Å². The number of halogens is 1. The summed E-state index contributed by atoms with van der Waals surface area (Å²) in [4.78, 5) is 0. The molecule has 6 heteroatoms. The molecule has 0 aromatic carbocycles. The summed E-state index contributed by atoms with van der Waals surface area (Å²) >= 11 is 5.98. The molecule has 2 rings (SSSR count). The minimum atomic E-state index is -3.36. The largest absolute Gasteiger partial charge is 0.282 e. The quantitative estimate of drug-likeness (QED) is 0.723. The molecule has 0 radical (unpaired) electrons. The predicted molar refractivity (Wildman–Crippen MR) is 87.8 cm³/mol. The van der Waals surface area contributed by atoms with E-state index in [2.05, 4.69) is 6.92 Å². The van der Waals surface area contributed by atoms with Gasteiger partial charge in [-0.15, -0.1) is 11.6 Å². The third-order valence-electron chi connectivity index (χ3n) is 5.32. The number of hydrogen-bond acceptors (Lipinski definition) is 2. The highest BCUT2D eigenvalue weighted by atomic mass is 35.5. The van der Waals surface area contributed by atoms with Crippen LogP contribution in [0.5, 0.6) is 0 Å². The van der Waals surface area contributed by atoms with Gasteiger partial charge in [0.05, 0.1) is 0 Å². The average Bonchev–Trinajstić information content (AvgIpc) is 2.54. The number of hydrogen-bond donors (Lipinski definition) is 0. The van der Waals surface area contributed by atoms with Gasteiger partial charge in [-0.1, -0.05) is 19.8 Å². The molecule has 1 heterocycles. The van der Waals surface area contributed by atoms with E-state index >= 15 is 0 Å². The van der Waals surface area contributed by atoms with Gasteiger partial charge < -0.3 is 0 Å². The standard InChI is InChI=1S/C15H29ClN2O2S/c1-3-13-7-9-14(10-8-13)17(2)21(19,20)18-11-5-4-6-15(18)12-16/h13-15H,3-12H2,1-2H3. The maximum atomic E-state index is 12.9. The zero-order valence-corrected chi connectivity index (χ0v) is 14.9. The number of rotatable bonds is 5. The summed E-state index contributed by atoms with van der Waals surface area (Å²) < 4.78 is 29.1. The molecule has 4 nitrogen and oxygen atoms in total. The first-order valence-corrected chi connectivity index (χ1v) is 10.2. The van der Waals surface area contributed by atoms with Crippen LogP contribution in [-0.2, 0) is 10.2 Å². The average molecular weight is 337 g/mol. The first kappa shape index (κ1) is 17.5. The Labute approximate surface area is 135 Å². The van der Waals surface area contributed by atoms with Gasteiger partial charge in [0.15, 0.2) is 0 Å². The molecule has 0 aromatic rings. The molecule has 0 aromatic heterocycles. The van der Waals surface area contributed by atoms with Gasteiger partial charge in [0.25, 0.3) is 10.2 Å². The van der Waals surface area contributed by atoms with E-state index in [0.29, 0.717) is 12.4 Å². The highest BCUT2D eigenvalue weighted by Crippen LogP contribution is 2.32. The van der Waals surface area contributed by atoms with Crippen molar-refractivity contribution in [1.82, 2.24) is 8.61 Å². The molecular formula is C15H29ClN2O2S. The van der Waals surface area contributed by atoms with Crippen LogP contribution >= 0.6 is 11.6 Å². The van der Waals surface area contributed by atoms with Gasteiger partial charge >= 0.3 is 0 Å². The lowest BCUT2D eigenvalue weighted by molar-refractivity contribution is 0.203. The lowest BCUT2D eigenvalue weighted by Crippen LogP contribution is -2.53. The highest BCUT2D eigenvalue weighted by molar-refractivity contribution is 7.86. The van der Waals surface area contributed by atoms with E-state index in [1.54, 1.807) is 15.7 Å². The first-order chi connectivity index (χ1) is 10.0. The SMILES string of the molecule is CCC1CCC(N(C)S(=O)(=O)N2CCCCC2CCl)CC1. The van der Waals surface area contributed by atoms with Crippen LogP contribution in [0.25, 0.3) is 0 Å². The molecule has 1 unspecified atom stereocenters. The van der Waals surface area contributed by atoms with Crippen molar-refractivity contribution in [2.75, 3.05) is 19.5 Å². The zero-order valence-electron chi connectivity index (χ0n) is 13.3. The van der Waals surface area contributed by atoms with Crippen LogP contribution < -0.4 is 0 Å². The van der Waals surface area contributed by atoms with Gasteiger partial charge in [0.1, 0.15) is 0 Å². The van der Waals surface area contributed by atoms with Crippen molar-refractivity contribution in [3.63, 3.8) is 0 Å². The third kappa shape index (κ3) is 3.92. The smallest absolute Gasteiger partial charge is 0.195 e. The summed E-state index contributed by atoms with van der Waals surface area (Å²) in [5.74, 6) is 1.18. The van der Waals surface area contributed by atoms with Crippen molar-refractivity contribution < 1.29 is 8.42 Å². The van der Waals surface area contributed by atoms with E-state index < -0.39 is 10.2 Å². The van der Waals surface area contributed by atoms with E-state index in [0.717, 1.165) is 50.9 Å². The van der Waals surface area contributed by atoms with Crippen molar-refractivity contribution in [2.24, 2.45) is 5.92 Å². The Morgan fingerprint density at radius 3 is 2.38 bits per heavy atom. The van der Waals surface area contributed by atoms with E-state index in [-0.39, 0.29) is 12.1 Å². The summed E-state index contributed by atoms with van der Waals surface area (Å²) in [6.45, 7) is 2.85. The number of piperidine rings is 1. The van der Waals surface area contributed by atoms with Gasteiger partial charge in [0.2, 0.25) is 0 Å². The Morgan fingerprint density at radius 1 is 1.14 bits per heavy atom. The van der Waals surface area contributed by atoms with Crippen LogP contribution in [0.3, 0.4) is 0 Å². The molecule has 124 valence electrons. The van der Waals surface area contributed by atoms with Crippen LogP contribution in [0.2, 0.25) is 0 Å².